The van der Waals surface area contributed by atoms with Gasteiger partial charge in [0.2, 0.25) is 0 Å². The highest BCUT2D eigenvalue weighted by Crippen LogP contribution is 2.21. The summed E-state index contributed by atoms with van der Waals surface area (Å²) in [5, 5.41) is 7.86. The van der Waals surface area contributed by atoms with Crippen molar-refractivity contribution in [3.8, 4) is 5.75 Å². The second-order valence-electron chi connectivity index (χ2n) is 5.00. The van der Waals surface area contributed by atoms with Gasteiger partial charge in [-0.15, -0.1) is 6.58 Å². The van der Waals surface area contributed by atoms with Gasteiger partial charge in [0, 0.05) is 17.9 Å². The molecular weight excluding hydrogens is 325 g/mol. The zero-order chi connectivity index (χ0) is 18.2. The molecule has 3 N–H and O–H groups in total. The average Bonchev–Trinajstić information content (AvgIpc) is 2.61. The first-order valence-electron chi connectivity index (χ1n) is 7.44. The second-order valence-corrected chi connectivity index (χ2v) is 5.00. The number of benzene rings is 2. The number of hydrogen-bond acceptors (Lipinski definition) is 3. The Morgan fingerprint density at radius 2 is 1.76 bits per heavy atom. The Hall–Kier alpha value is -3.35. The predicted octanol–water partition coefficient (Wildman–Crippen LogP) is 3.39. The Kier molecular flexibility index (Phi) is 6.11. The summed E-state index contributed by atoms with van der Waals surface area (Å²) in [6.45, 7) is 3.86. The van der Waals surface area contributed by atoms with Gasteiger partial charge in [0.15, 0.2) is 0 Å². The lowest BCUT2D eigenvalue weighted by Crippen LogP contribution is -2.28. The van der Waals surface area contributed by atoms with Gasteiger partial charge in [-0.1, -0.05) is 6.08 Å². The number of carbonyl (C=O) groups is 2. The van der Waals surface area contributed by atoms with Crippen molar-refractivity contribution in [2.45, 2.75) is 0 Å². The molecule has 0 aromatic heterocycles. The lowest BCUT2D eigenvalue weighted by molar-refractivity contribution is 0.102. The number of halogens is 1. The Labute approximate surface area is 144 Å². The zero-order valence-corrected chi connectivity index (χ0v) is 13.6. The SMILES string of the molecule is C=CCNC(=O)Nc1ccc(NC(=O)c2cc(F)ccc2OC)cc1. The van der Waals surface area contributed by atoms with Crippen molar-refractivity contribution >= 4 is 23.3 Å². The summed E-state index contributed by atoms with van der Waals surface area (Å²) in [5.41, 5.74) is 1.14. The number of urea groups is 1. The maximum atomic E-state index is 13.4. The fourth-order valence-corrected chi connectivity index (χ4v) is 2.03. The summed E-state index contributed by atoms with van der Waals surface area (Å²) >= 11 is 0. The van der Waals surface area contributed by atoms with Crippen LogP contribution in [0.4, 0.5) is 20.6 Å². The van der Waals surface area contributed by atoms with E-state index in [1.54, 1.807) is 30.3 Å². The lowest BCUT2D eigenvalue weighted by atomic mass is 10.1. The number of amides is 3. The Bertz CT molecular complexity index is 776. The van der Waals surface area contributed by atoms with Crippen molar-refractivity contribution in [3.63, 3.8) is 0 Å². The van der Waals surface area contributed by atoms with Gasteiger partial charge in [0.05, 0.1) is 12.7 Å². The predicted molar refractivity (Wildman–Crippen MR) is 94.6 cm³/mol. The summed E-state index contributed by atoms with van der Waals surface area (Å²) < 4.78 is 18.4. The first kappa shape index (κ1) is 18.0. The largest absolute Gasteiger partial charge is 0.496 e. The van der Waals surface area contributed by atoms with E-state index in [9.17, 15) is 14.0 Å². The van der Waals surface area contributed by atoms with Crippen LogP contribution in [-0.2, 0) is 0 Å². The van der Waals surface area contributed by atoms with Crippen LogP contribution in [0.3, 0.4) is 0 Å². The molecule has 0 spiro atoms. The Morgan fingerprint density at radius 3 is 2.36 bits per heavy atom. The number of carbonyl (C=O) groups excluding carboxylic acids is 2. The highest BCUT2D eigenvalue weighted by molar-refractivity contribution is 6.06. The molecule has 2 aromatic rings. The van der Waals surface area contributed by atoms with E-state index in [1.807, 2.05) is 0 Å². The van der Waals surface area contributed by atoms with Gasteiger partial charge in [0.1, 0.15) is 11.6 Å². The highest BCUT2D eigenvalue weighted by Gasteiger charge is 2.13. The molecule has 0 aliphatic heterocycles. The molecule has 130 valence electrons. The summed E-state index contributed by atoms with van der Waals surface area (Å²) in [4.78, 5) is 23.8. The van der Waals surface area contributed by atoms with Gasteiger partial charge in [-0.05, 0) is 42.5 Å². The molecule has 2 aromatic carbocycles. The van der Waals surface area contributed by atoms with Crippen LogP contribution in [0.5, 0.6) is 5.75 Å². The molecule has 0 unspecified atom stereocenters. The van der Waals surface area contributed by atoms with Crippen molar-refractivity contribution in [3.05, 3.63) is 66.5 Å². The Morgan fingerprint density at radius 1 is 1.12 bits per heavy atom. The first-order chi connectivity index (χ1) is 12.0. The summed E-state index contributed by atoms with van der Waals surface area (Å²) in [7, 11) is 1.40. The molecule has 0 aliphatic rings. The molecule has 0 heterocycles. The van der Waals surface area contributed by atoms with E-state index in [-0.39, 0.29) is 17.3 Å². The van der Waals surface area contributed by atoms with Crippen LogP contribution in [0.1, 0.15) is 10.4 Å². The van der Waals surface area contributed by atoms with Gasteiger partial charge in [0.25, 0.3) is 5.91 Å². The molecular formula is C18H18FN3O3. The molecule has 0 aliphatic carbocycles. The van der Waals surface area contributed by atoms with E-state index in [0.717, 1.165) is 6.07 Å². The van der Waals surface area contributed by atoms with E-state index in [0.29, 0.717) is 17.9 Å². The second kappa shape index (κ2) is 8.49. The van der Waals surface area contributed by atoms with Gasteiger partial charge >= 0.3 is 6.03 Å². The summed E-state index contributed by atoms with van der Waals surface area (Å²) in [6.07, 6.45) is 1.57. The van der Waals surface area contributed by atoms with Crippen LogP contribution in [0.25, 0.3) is 0 Å². The third-order valence-corrected chi connectivity index (χ3v) is 3.21. The van der Waals surface area contributed by atoms with Gasteiger partial charge < -0.3 is 20.7 Å². The smallest absolute Gasteiger partial charge is 0.319 e. The van der Waals surface area contributed by atoms with Crippen LogP contribution >= 0.6 is 0 Å². The molecule has 0 saturated heterocycles. The average molecular weight is 343 g/mol. The van der Waals surface area contributed by atoms with Gasteiger partial charge in [-0.25, -0.2) is 9.18 Å². The number of methoxy groups -OCH3 is 1. The summed E-state index contributed by atoms with van der Waals surface area (Å²) in [6, 6.07) is 9.85. The topological polar surface area (TPSA) is 79.5 Å². The maximum absolute atomic E-state index is 13.4. The van der Waals surface area contributed by atoms with Crippen LogP contribution in [0.15, 0.2) is 55.1 Å². The summed E-state index contributed by atoms with van der Waals surface area (Å²) in [5.74, 6) is -0.757. The number of hydrogen-bond donors (Lipinski definition) is 3. The standard InChI is InChI=1S/C18H18FN3O3/c1-3-10-20-18(24)22-14-7-5-13(6-8-14)21-17(23)15-11-12(19)4-9-16(15)25-2/h3-9,11H,1,10H2,2H3,(H,21,23)(H2,20,22,24). The van der Waals surface area contributed by atoms with Gasteiger partial charge in [-0.2, -0.15) is 0 Å². The normalized spacial score (nSPS) is 9.84. The van der Waals surface area contributed by atoms with Crippen LogP contribution in [-0.4, -0.2) is 25.6 Å². The van der Waals surface area contributed by atoms with Crippen LogP contribution < -0.4 is 20.7 Å². The number of rotatable bonds is 6. The van der Waals surface area contributed by atoms with E-state index >= 15 is 0 Å². The fraction of sp³-hybridized carbons (Fsp3) is 0.111. The molecule has 0 radical (unpaired) electrons. The molecule has 25 heavy (non-hydrogen) atoms. The highest BCUT2D eigenvalue weighted by atomic mass is 19.1. The molecule has 0 saturated carbocycles. The first-order valence-corrected chi connectivity index (χ1v) is 7.44. The number of nitrogens with one attached hydrogen (secondary N) is 3. The molecule has 0 atom stereocenters. The minimum absolute atomic E-state index is 0.0912. The maximum Gasteiger partial charge on any atom is 0.319 e. The number of ether oxygens (including phenoxy) is 1. The third kappa shape index (κ3) is 5.07. The third-order valence-electron chi connectivity index (χ3n) is 3.21. The minimum Gasteiger partial charge on any atom is -0.496 e. The van der Waals surface area contributed by atoms with Crippen LogP contribution in [0, 0.1) is 5.82 Å². The van der Waals surface area contributed by atoms with Crippen molar-refractivity contribution in [2.24, 2.45) is 0 Å². The van der Waals surface area contributed by atoms with E-state index in [2.05, 4.69) is 22.5 Å². The van der Waals surface area contributed by atoms with Crippen LogP contribution in [0.2, 0.25) is 0 Å². The van der Waals surface area contributed by atoms with E-state index in [1.165, 1.54) is 19.2 Å². The quantitative estimate of drug-likeness (QED) is 0.704. The molecule has 7 heteroatoms. The molecule has 0 bridgehead atoms. The molecule has 2 rings (SSSR count). The van der Waals surface area contributed by atoms with Crippen molar-refractivity contribution < 1.29 is 18.7 Å². The van der Waals surface area contributed by atoms with E-state index < -0.39 is 11.7 Å². The fourth-order valence-electron chi connectivity index (χ4n) is 2.03. The lowest BCUT2D eigenvalue weighted by Gasteiger charge is -2.10. The number of anilines is 2. The molecule has 6 nitrogen and oxygen atoms in total. The minimum atomic E-state index is -0.531. The van der Waals surface area contributed by atoms with Crippen molar-refractivity contribution in [2.75, 3.05) is 24.3 Å². The monoisotopic (exact) mass is 343 g/mol. The zero-order valence-electron chi connectivity index (χ0n) is 13.6. The van der Waals surface area contributed by atoms with E-state index in [4.69, 9.17) is 4.74 Å². The molecule has 0 fully saturated rings. The van der Waals surface area contributed by atoms with Crippen molar-refractivity contribution in [1.29, 1.82) is 0 Å². The molecule has 3 amide bonds. The Balaban J connectivity index is 2.03. The van der Waals surface area contributed by atoms with Gasteiger partial charge in [-0.3, -0.25) is 4.79 Å². The van der Waals surface area contributed by atoms with Crippen molar-refractivity contribution in [1.82, 2.24) is 5.32 Å².